The lowest BCUT2D eigenvalue weighted by molar-refractivity contribution is 0.0631. The van der Waals surface area contributed by atoms with E-state index in [2.05, 4.69) is 20.8 Å². The number of carbonyl (C=O) groups excluding carboxylic acids is 2. The van der Waals surface area contributed by atoms with E-state index in [-0.39, 0.29) is 30.4 Å². The topological polar surface area (TPSA) is 46.6 Å². The van der Waals surface area contributed by atoms with E-state index in [0.717, 1.165) is 5.75 Å². The zero-order valence-corrected chi connectivity index (χ0v) is 14.2. The molecule has 0 aromatic heterocycles. The maximum Gasteiger partial charge on any atom is 0.261 e. The summed E-state index contributed by atoms with van der Waals surface area (Å²) in [6, 6.07) is 14.8. The molecule has 0 aliphatic carbocycles. The van der Waals surface area contributed by atoms with Crippen molar-refractivity contribution in [2.45, 2.75) is 26.2 Å². The molecule has 1 aliphatic rings. The van der Waals surface area contributed by atoms with E-state index in [9.17, 15) is 9.59 Å². The second-order valence-electron chi connectivity index (χ2n) is 6.93. The highest BCUT2D eigenvalue weighted by atomic mass is 16.5. The van der Waals surface area contributed by atoms with Gasteiger partial charge in [0, 0.05) is 0 Å². The zero-order chi connectivity index (χ0) is 17.3. The lowest BCUT2D eigenvalue weighted by Gasteiger charge is -2.19. The minimum atomic E-state index is -0.248. The molecule has 4 heteroatoms. The maximum absolute atomic E-state index is 12.3. The normalized spacial score (nSPS) is 14.0. The van der Waals surface area contributed by atoms with E-state index in [1.165, 1.54) is 10.5 Å². The van der Waals surface area contributed by atoms with Crippen molar-refractivity contribution < 1.29 is 14.3 Å². The van der Waals surface area contributed by atoms with Gasteiger partial charge < -0.3 is 4.74 Å². The van der Waals surface area contributed by atoms with Crippen LogP contribution in [0.4, 0.5) is 0 Å². The van der Waals surface area contributed by atoms with Gasteiger partial charge in [-0.15, -0.1) is 0 Å². The molecule has 0 saturated heterocycles. The van der Waals surface area contributed by atoms with Gasteiger partial charge in [-0.25, -0.2) is 0 Å². The fourth-order valence-electron chi connectivity index (χ4n) is 2.75. The molecule has 0 fully saturated rings. The molecule has 0 saturated carbocycles. The molecule has 0 spiro atoms. The summed E-state index contributed by atoms with van der Waals surface area (Å²) in [5.74, 6) is 0.240. The molecule has 2 aromatic carbocycles. The number of rotatable bonds is 4. The van der Waals surface area contributed by atoms with Crippen LogP contribution in [-0.4, -0.2) is 29.9 Å². The highest BCUT2D eigenvalue weighted by Crippen LogP contribution is 2.25. The Morgan fingerprint density at radius 1 is 0.875 bits per heavy atom. The molecule has 0 bridgehead atoms. The van der Waals surface area contributed by atoms with Crippen LogP contribution in [0.5, 0.6) is 5.75 Å². The molecule has 24 heavy (non-hydrogen) atoms. The Morgan fingerprint density at radius 2 is 1.42 bits per heavy atom. The Morgan fingerprint density at radius 3 is 1.92 bits per heavy atom. The van der Waals surface area contributed by atoms with Gasteiger partial charge >= 0.3 is 0 Å². The molecular weight excluding hydrogens is 302 g/mol. The standard InChI is InChI=1S/C20H21NO3/c1-20(2,3)14-8-10-15(11-9-14)24-13-12-21-18(22)16-6-4-5-7-17(16)19(21)23/h4-11H,12-13H2,1-3H3. The highest BCUT2D eigenvalue weighted by molar-refractivity contribution is 6.21. The Kier molecular flexibility index (Phi) is 4.14. The van der Waals surface area contributed by atoms with Crippen LogP contribution in [0, 0.1) is 0 Å². The van der Waals surface area contributed by atoms with Crippen molar-refractivity contribution in [1.82, 2.24) is 4.90 Å². The van der Waals surface area contributed by atoms with E-state index in [1.54, 1.807) is 24.3 Å². The van der Waals surface area contributed by atoms with E-state index in [1.807, 2.05) is 24.3 Å². The van der Waals surface area contributed by atoms with Crippen LogP contribution in [-0.2, 0) is 5.41 Å². The molecule has 4 nitrogen and oxygen atoms in total. The third-order valence-electron chi connectivity index (χ3n) is 4.18. The minimum Gasteiger partial charge on any atom is -0.492 e. The van der Waals surface area contributed by atoms with Crippen molar-refractivity contribution in [3.63, 3.8) is 0 Å². The van der Waals surface area contributed by atoms with Crippen molar-refractivity contribution in [3.8, 4) is 5.75 Å². The van der Waals surface area contributed by atoms with Gasteiger partial charge in [0.15, 0.2) is 0 Å². The summed E-state index contributed by atoms with van der Waals surface area (Å²) in [5, 5.41) is 0. The fourth-order valence-corrected chi connectivity index (χ4v) is 2.75. The van der Waals surface area contributed by atoms with Gasteiger partial charge in [-0.3, -0.25) is 14.5 Å². The molecule has 0 unspecified atom stereocenters. The third kappa shape index (κ3) is 3.04. The van der Waals surface area contributed by atoms with Crippen LogP contribution >= 0.6 is 0 Å². The number of imide groups is 1. The second-order valence-corrected chi connectivity index (χ2v) is 6.93. The second kappa shape index (κ2) is 6.11. The van der Waals surface area contributed by atoms with Gasteiger partial charge in [0.05, 0.1) is 17.7 Å². The van der Waals surface area contributed by atoms with Crippen molar-refractivity contribution in [2.24, 2.45) is 0 Å². The lowest BCUT2D eigenvalue weighted by Crippen LogP contribution is -2.33. The number of carbonyl (C=O) groups is 2. The summed E-state index contributed by atoms with van der Waals surface area (Å²) in [4.78, 5) is 25.8. The van der Waals surface area contributed by atoms with Crippen LogP contribution in [0.1, 0.15) is 47.1 Å². The Bertz CT molecular complexity index is 737. The lowest BCUT2D eigenvalue weighted by atomic mass is 9.87. The molecule has 1 heterocycles. The average molecular weight is 323 g/mol. The van der Waals surface area contributed by atoms with Crippen molar-refractivity contribution in [2.75, 3.05) is 13.2 Å². The molecule has 0 radical (unpaired) electrons. The number of hydrogen-bond donors (Lipinski definition) is 0. The SMILES string of the molecule is CC(C)(C)c1ccc(OCCN2C(=O)c3ccccc3C2=O)cc1. The number of amides is 2. The van der Waals surface area contributed by atoms with Gasteiger partial charge in [0.2, 0.25) is 0 Å². The van der Waals surface area contributed by atoms with Crippen LogP contribution in [0.25, 0.3) is 0 Å². The van der Waals surface area contributed by atoms with Crippen LogP contribution < -0.4 is 4.74 Å². The van der Waals surface area contributed by atoms with Gasteiger partial charge in [0.25, 0.3) is 11.8 Å². The molecular formula is C20H21NO3. The van der Waals surface area contributed by atoms with Crippen molar-refractivity contribution >= 4 is 11.8 Å². The monoisotopic (exact) mass is 323 g/mol. The molecule has 3 rings (SSSR count). The fraction of sp³-hybridized carbons (Fsp3) is 0.300. The number of benzene rings is 2. The molecule has 0 atom stereocenters. The first-order chi connectivity index (χ1) is 11.4. The third-order valence-corrected chi connectivity index (χ3v) is 4.18. The van der Waals surface area contributed by atoms with Gasteiger partial charge in [0.1, 0.15) is 12.4 Å². The van der Waals surface area contributed by atoms with Crippen molar-refractivity contribution in [3.05, 3.63) is 65.2 Å². The van der Waals surface area contributed by atoms with Crippen LogP contribution in [0.15, 0.2) is 48.5 Å². The summed E-state index contributed by atoms with van der Waals surface area (Å²) in [6.07, 6.45) is 0. The van der Waals surface area contributed by atoms with Gasteiger partial charge in [-0.1, -0.05) is 45.0 Å². The molecule has 2 aromatic rings. The molecule has 0 N–H and O–H groups in total. The highest BCUT2D eigenvalue weighted by Gasteiger charge is 2.34. The quantitative estimate of drug-likeness (QED) is 0.807. The molecule has 2 amide bonds. The number of nitrogens with zero attached hydrogens (tertiary/aromatic N) is 1. The number of ether oxygens (including phenoxy) is 1. The van der Waals surface area contributed by atoms with Gasteiger partial charge in [-0.2, -0.15) is 0 Å². The predicted molar refractivity (Wildman–Crippen MR) is 92.4 cm³/mol. The van der Waals surface area contributed by atoms with Gasteiger partial charge in [-0.05, 0) is 35.2 Å². The largest absolute Gasteiger partial charge is 0.492 e. The maximum atomic E-state index is 12.3. The van der Waals surface area contributed by atoms with Crippen molar-refractivity contribution in [1.29, 1.82) is 0 Å². The summed E-state index contributed by atoms with van der Waals surface area (Å²) in [6.45, 7) is 7.00. The smallest absolute Gasteiger partial charge is 0.261 e. The summed E-state index contributed by atoms with van der Waals surface area (Å²) < 4.78 is 5.68. The van der Waals surface area contributed by atoms with Crippen LogP contribution in [0.3, 0.4) is 0 Å². The Hall–Kier alpha value is -2.62. The summed E-state index contributed by atoms with van der Waals surface area (Å²) in [5.41, 5.74) is 2.27. The average Bonchev–Trinajstić information content (AvgIpc) is 2.80. The first-order valence-corrected chi connectivity index (χ1v) is 8.06. The van der Waals surface area contributed by atoms with E-state index in [0.29, 0.717) is 11.1 Å². The number of fused-ring (bicyclic) bond motifs is 1. The predicted octanol–water partition coefficient (Wildman–Crippen LogP) is 3.66. The Labute approximate surface area is 142 Å². The summed E-state index contributed by atoms with van der Waals surface area (Å²) in [7, 11) is 0. The molecule has 1 aliphatic heterocycles. The summed E-state index contributed by atoms with van der Waals surface area (Å²) >= 11 is 0. The molecule has 124 valence electrons. The zero-order valence-electron chi connectivity index (χ0n) is 14.2. The number of hydrogen-bond acceptors (Lipinski definition) is 3. The van der Waals surface area contributed by atoms with E-state index in [4.69, 9.17) is 4.74 Å². The first kappa shape index (κ1) is 16.2. The van der Waals surface area contributed by atoms with Crippen LogP contribution in [0.2, 0.25) is 0 Å². The first-order valence-electron chi connectivity index (χ1n) is 8.06. The van der Waals surface area contributed by atoms with E-state index >= 15 is 0 Å². The minimum absolute atomic E-state index is 0.0959. The van der Waals surface area contributed by atoms with E-state index < -0.39 is 0 Å². The Balaban J connectivity index is 1.60.